The van der Waals surface area contributed by atoms with Gasteiger partial charge in [-0.2, -0.15) is 0 Å². The Bertz CT molecular complexity index is 490. The molecule has 1 fully saturated rings. The van der Waals surface area contributed by atoms with Crippen LogP contribution < -0.4 is 4.90 Å². The molecule has 104 valence electrons. The van der Waals surface area contributed by atoms with Gasteiger partial charge in [0, 0.05) is 18.7 Å². The van der Waals surface area contributed by atoms with E-state index in [9.17, 15) is 9.18 Å². The number of halogens is 1. The normalized spacial score (nSPS) is 19.8. The average molecular weight is 263 g/mol. The van der Waals surface area contributed by atoms with Gasteiger partial charge in [0.1, 0.15) is 5.82 Å². The van der Waals surface area contributed by atoms with E-state index in [0.29, 0.717) is 17.2 Å². The number of Topliss-reactive ketones (excluding diaryl/α,β-unsaturated/α-hetero) is 1. The summed E-state index contributed by atoms with van der Waals surface area (Å²) in [5.74, 6) is 0.169. The second-order valence-electron chi connectivity index (χ2n) is 6.49. The molecule has 1 saturated heterocycles. The lowest BCUT2D eigenvalue weighted by Gasteiger charge is -2.28. The number of carbonyl (C=O) groups is 1. The molecule has 1 aromatic rings. The van der Waals surface area contributed by atoms with E-state index in [-0.39, 0.29) is 17.0 Å². The molecule has 0 N–H and O–H groups in total. The van der Waals surface area contributed by atoms with E-state index in [1.165, 1.54) is 13.0 Å². The van der Waals surface area contributed by atoms with Crippen LogP contribution in [0.15, 0.2) is 18.2 Å². The molecule has 0 aromatic heterocycles. The first-order chi connectivity index (χ1) is 8.80. The van der Waals surface area contributed by atoms with Gasteiger partial charge in [-0.1, -0.05) is 26.8 Å². The minimum absolute atomic E-state index is 0.0753. The molecule has 0 spiro atoms. The maximum atomic E-state index is 14.1. The Morgan fingerprint density at radius 2 is 2.05 bits per heavy atom. The van der Waals surface area contributed by atoms with Crippen LogP contribution >= 0.6 is 0 Å². The van der Waals surface area contributed by atoms with E-state index in [0.717, 1.165) is 19.5 Å². The number of nitrogens with zero attached hydrogens (tertiary/aromatic N) is 1. The molecule has 19 heavy (non-hydrogen) atoms. The first kappa shape index (κ1) is 14.0. The zero-order chi connectivity index (χ0) is 14.2. The van der Waals surface area contributed by atoms with Crippen LogP contribution in [-0.2, 0) is 0 Å². The van der Waals surface area contributed by atoms with Crippen molar-refractivity contribution < 1.29 is 9.18 Å². The molecule has 1 aromatic carbocycles. The van der Waals surface area contributed by atoms with Gasteiger partial charge in [0.05, 0.1) is 5.69 Å². The summed E-state index contributed by atoms with van der Waals surface area (Å²) in [7, 11) is 0. The van der Waals surface area contributed by atoms with Crippen molar-refractivity contribution in [3.8, 4) is 0 Å². The summed E-state index contributed by atoms with van der Waals surface area (Å²) in [5.41, 5.74) is 1.20. The lowest BCUT2D eigenvalue weighted by atomic mass is 9.80. The molecule has 0 radical (unpaired) electrons. The third-order valence-electron chi connectivity index (χ3n) is 4.10. The van der Waals surface area contributed by atoms with Crippen LogP contribution in [0, 0.1) is 17.2 Å². The third-order valence-corrected chi connectivity index (χ3v) is 4.10. The summed E-state index contributed by atoms with van der Waals surface area (Å²) in [6.45, 7) is 9.79. The van der Waals surface area contributed by atoms with Gasteiger partial charge in [-0.15, -0.1) is 0 Å². The molecule has 0 saturated carbocycles. The number of para-hydroxylation sites is 1. The summed E-state index contributed by atoms with van der Waals surface area (Å²) >= 11 is 0. The Kier molecular flexibility index (Phi) is 3.66. The molecule has 2 nitrogen and oxygen atoms in total. The highest BCUT2D eigenvalue weighted by Gasteiger charge is 2.33. The van der Waals surface area contributed by atoms with E-state index >= 15 is 0 Å². The van der Waals surface area contributed by atoms with Gasteiger partial charge in [0.15, 0.2) is 5.78 Å². The quantitative estimate of drug-likeness (QED) is 0.754. The molecular weight excluding hydrogens is 241 g/mol. The molecule has 2 rings (SSSR count). The maximum Gasteiger partial charge on any atom is 0.161 e. The number of benzene rings is 1. The second-order valence-corrected chi connectivity index (χ2v) is 6.49. The summed E-state index contributed by atoms with van der Waals surface area (Å²) in [6, 6.07) is 4.75. The van der Waals surface area contributed by atoms with Crippen LogP contribution in [0.25, 0.3) is 0 Å². The standard InChI is InChI=1S/C16H22FNO/c1-11(19)13-6-5-7-14(17)15(13)18-9-8-12(10-18)16(2,3)4/h5-7,12H,8-10H2,1-4H3. The van der Waals surface area contributed by atoms with Gasteiger partial charge >= 0.3 is 0 Å². The Labute approximate surface area is 114 Å². The molecule has 0 bridgehead atoms. The Morgan fingerprint density at radius 1 is 1.37 bits per heavy atom. The van der Waals surface area contributed by atoms with E-state index in [4.69, 9.17) is 0 Å². The third kappa shape index (κ3) is 2.80. The van der Waals surface area contributed by atoms with Gasteiger partial charge in [-0.3, -0.25) is 4.79 Å². The number of carbonyl (C=O) groups excluding carboxylic acids is 1. The minimum Gasteiger partial charge on any atom is -0.368 e. The summed E-state index contributed by atoms with van der Waals surface area (Å²) < 4.78 is 14.1. The van der Waals surface area contributed by atoms with Gasteiger partial charge in [0.25, 0.3) is 0 Å². The molecule has 0 amide bonds. The highest BCUT2D eigenvalue weighted by molar-refractivity contribution is 5.99. The summed E-state index contributed by atoms with van der Waals surface area (Å²) in [4.78, 5) is 13.7. The van der Waals surface area contributed by atoms with Crippen molar-refractivity contribution in [3.63, 3.8) is 0 Å². The number of ketones is 1. The van der Waals surface area contributed by atoms with Crippen molar-refractivity contribution in [2.24, 2.45) is 11.3 Å². The van der Waals surface area contributed by atoms with Crippen molar-refractivity contribution in [2.45, 2.75) is 34.1 Å². The molecule has 1 aliphatic heterocycles. The van der Waals surface area contributed by atoms with E-state index in [1.807, 2.05) is 4.90 Å². The zero-order valence-electron chi connectivity index (χ0n) is 12.2. The largest absolute Gasteiger partial charge is 0.368 e. The number of hydrogen-bond donors (Lipinski definition) is 0. The topological polar surface area (TPSA) is 20.3 Å². The van der Waals surface area contributed by atoms with Crippen LogP contribution in [-0.4, -0.2) is 18.9 Å². The fourth-order valence-electron chi connectivity index (χ4n) is 2.79. The van der Waals surface area contributed by atoms with Gasteiger partial charge in [0.2, 0.25) is 0 Å². The fourth-order valence-corrected chi connectivity index (χ4v) is 2.79. The van der Waals surface area contributed by atoms with Crippen molar-refractivity contribution in [1.82, 2.24) is 0 Å². The Morgan fingerprint density at radius 3 is 2.58 bits per heavy atom. The highest BCUT2D eigenvalue weighted by atomic mass is 19.1. The number of hydrogen-bond acceptors (Lipinski definition) is 2. The van der Waals surface area contributed by atoms with Crippen LogP contribution in [0.1, 0.15) is 44.5 Å². The lowest BCUT2D eigenvalue weighted by Crippen LogP contribution is -2.27. The van der Waals surface area contributed by atoms with Gasteiger partial charge < -0.3 is 4.90 Å². The number of rotatable bonds is 2. The molecule has 1 atom stereocenters. The van der Waals surface area contributed by atoms with Crippen LogP contribution in [0.2, 0.25) is 0 Å². The van der Waals surface area contributed by atoms with Crippen molar-refractivity contribution in [2.75, 3.05) is 18.0 Å². The Balaban J connectivity index is 2.32. The van der Waals surface area contributed by atoms with E-state index < -0.39 is 0 Å². The molecule has 1 unspecified atom stereocenters. The predicted octanol–water partition coefficient (Wildman–Crippen LogP) is 3.90. The molecule has 3 heteroatoms. The molecule has 1 aliphatic rings. The average Bonchev–Trinajstić information content (AvgIpc) is 2.77. The second kappa shape index (κ2) is 4.95. The summed E-state index contributed by atoms with van der Waals surface area (Å²) in [5, 5.41) is 0. The lowest BCUT2D eigenvalue weighted by molar-refractivity contribution is 0.101. The zero-order valence-corrected chi connectivity index (χ0v) is 12.2. The molecule has 0 aliphatic carbocycles. The predicted molar refractivity (Wildman–Crippen MR) is 76.2 cm³/mol. The highest BCUT2D eigenvalue weighted by Crippen LogP contribution is 2.37. The number of anilines is 1. The molecule has 1 heterocycles. The minimum atomic E-state index is -0.290. The van der Waals surface area contributed by atoms with E-state index in [2.05, 4.69) is 20.8 Å². The summed E-state index contributed by atoms with van der Waals surface area (Å²) in [6.07, 6.45) is 1.05. The molecular formula is C16H22FNO. The smallest absolute Gasteiger partial charge is 0.161 e. The maximum absolute atomic E-state index is 14.1. The first-order valence-electron chi connectivity index (χ1n) is 6.85. The van der Waals surface area contributed by atoms with Crippen LogP contribution in [0.5, 0.6) is 0 Å². The van der Waals surface area contributed by atoms with Gasteiger partial charge in [-0.05, 0) is 36.8 Å². The first-order valence-corrected chi connectivity index (χ1v) is 6.85. The van der Waals surface area contributed by atoms with Crippen LogP contribution in [0.3, 0.4) is 0 Å². The SMILES string of the molecule is CC(=O)c1cccc(F)c1N1CCC(C(C)(C)C)C1. The fraction of sp³-hybridized carbons (Fsp3) is 0.562. The Hall–Kier alpha value is -1.38. The van der Waals surface area contributed by atoms with Crippen molar-refractivity contribution >= 4 is 11.5 Å². The monoisotopic (exact) mass is 263 g/mol. The van der Waals surface area contributed by atoms with E-state index in [1.54, 1.807) is 12.1 Å². The van der Waals surface area contributed by atoms with Crippen molar-refractivity contribution in [1.29, 1.82) is 0 Å². The van der Waals surface area contributed by atoms with Gasteiger partial charge in [-0.25, -0.2) is 4.39 Å². The van der Waals surface area contributed by atoms with Crippen LogP contribution in [0.4, 0.5) is 10.1 Å². The van der Waals surface area contributed by atoms with Crippen molar-refractivity contribution in [3.05, 3.63) is 29.6 Å².